The number of halogens is 1. The smallest absolute Gasteiger partial charge is 0.257 e. The summed E-state index contributed by atoms with van der Waals surface area (Å²) in [7, 11) is 1.67. The molecule has 0 saturated carbocycles. The van der Waals surface area contributed by atoms with Gasteiger partial charge < -0.3 is 15.4 Å². The summed E-state index contributed by atoms with van der Waals surface area (Å²) in [5.41, 5.74) is 8.32. The third kappa shape index (κ3) is 2.56. The van der Waals surface area contributed by atoms with Gasteiger partial charge in [0.05, 0.1) is 35.2 Å². The molecule has 5 aromatic rings. The van der Waals surface area contributed by atoms with Gasteiger partial charge in [-0.2, -0.15) is 0 Å². The Balaban J connectivity index is 1.43. The van der Waals surface area contributed by atoms with Crippen LogP contribution in [0.3, 0.4) is 0 Å². The first-order valence-corrected chi connectivity index (χ1v) is 10.2. The van der Waals surface area contributed by atoms with Crippen LogP contribution in [0.2, 0.25) is 0 Å². The number of likely N-dealkylation sites (N-methyl/N-ethyl adjacent to an activating group) is 1. The number of hydrogen-bond acceptors (Lipinski definition) is 5. The van der Waals surface area contributed by atoms with Gasteiger partial charge in [0.2, 0.25) is 0 Å². The van der Waals surface area contributed by atoms with Crippen LogP contribution in [0.1, 0.15) is 22.0 Å². The molecular weight excluding hydrogens is 409 g/mol. The zero-order valence-corrected chi connectivity index (χ0v) is 17.1. The number of fused-ring (bicyclic) bond motifs is 6. The number of nitrogens with zero attached hydrogens (tertiary/aromatic N) is 4. The van der Waals surface area contributed by atoms with Crippen molar-refractivity contribution in [3.05, 3.63) is 78.0 Å². The van der Waals surface area contributed by atoms with E-state index in [4.69, 9.17) is 10.5 Å². The fraction of sp³-hybridized carbons (Fsp3) is 0.125. The molecule has 8 heteroatoms. The molecular formula is C24H18FN5O2. The molecule has 0 bridgehead atoms. The van der Waals surface area contributed by atoms with Gasteiger partial charge in [0.15, 0.2) is 0 Å². The van der Waals surface area contributed by atoms with Gasteiger partial charge in [-0.15, -0.1) is 0 Å². The number of carbonyl (C=O) groups excluding carboxylic acids is 1. The fourth-order valence-electron chi connectivity index (χ4n) is 4.45. The zero-order valence-electron chi connectivity index (χ0n) is 17.1. The van der Waals surface area contributed by atoms with Gasteiger partial charge in [-0.3, -0.25) is 9.20 Å². The Kier molecular flexibility index (Phi) is 3.86. The maximum atomic E-state index is 15.0. The first-order valence-electron chi connectivity index (χ1n) is 10.2. The lowest BCUT2D eigenvalue weighted by Crippen LogP contribution is -2.32. The number of nitrogens with two attached hydrogens (primary N) is 1. The van der Waals surface area contributed by atoms with E-state index in [0.717, 1.165) is 22.1 Å². The maximum absolute atomic E-state index is 15.0. The van der Waals surface area contributed by atoms with Crippen LogP contribution in [-0.2, 0) is 0 Å². The summed E-state index contributed by atoms with van der Waals surface area (Å²) in [5, 5.41) is 2.06. The first kappa shape index (κ1) is 18.6. The highest BCUT2D eigenvalue weighted by atomic mass is 19.1. The number of ether oxygens (including phenoxy) is 1. The SMILES string of the molecule is CN(C(=O)c1cc2c(cc1F)nc(N)c1cncn12)[C@@H]1COc2c1ccc1ccccc21. The number of anilines is 1. The maximum Gasteiger partial charge on any atom is 0.257 e. The molecule has 32 heavy (non-hydrogen) atoms. The van der Waals surface area contributed by atoms with Gasteiger partial charge in [0.25, 0.3) is 5.91 Å². The number of amides is 1. The lowest BCUT2D eigenvalue weighted by molar-refractivity contribution is 0.0704. The minimum Gasteiger partial charge on any atom is -0.490 e. The monoisotopic (exact) mass is 427 g/mol. The minimum atomic E-state index is -0.654. The van der Waals surface area contributed by atoms with Crippen LogP contribution in [-0.4, -0.2) is 38.8 Å². The summed E-state index contributed by atoms with van der Waals surface area (Å²) in [5.74, 6) is -0.0773. The molecule has 1 atom stereocenters. The Morgan fingerprint density at radius 3 is 2.94 bits per heavy atom. The predicted octanol–water partition coefficient (Wildman–Crippen LogP) is 3.96. The minimum absolute atomic E-state index is 0.0455. The number of imidazole rings is 1. The molecule has 0 spiro atoms. The van der Waals surface area contributed by atoms with Crippen molar-refractivity contribution in [2.24, 2.45) is 0 Å². The summed E-state index contributed by atoms with van der Waals surface area (Å²) in [4.78, 5) is 23.2. The second-order valence-corrected chi connectivity index (χ2v) is 7.91. The molecule has 158 valence electrons. The number of hydrogen-bond donors (Lipinski definition) is 1. The summed E-state index contributed by atoms with van der Waals surface area (Å²) in [6.45, 7) is 0.310. The van der Waals surface area contributed by atoms with Crippen molar-refractivity contribution < 1.29 is 13.9 Å². The van der Waals surface area contributed by atoms with Crippen LogP contribution in [0.15, 0.2) is 61.1 Å². The van der Waals surface area contributed by atoms with E-state index in [9.17, 15) is 9.18 Å². The van der Waals surface area contributed by atoms with E-state index >= 15 is 0 Å². The number of aromatic nitrogens is 3. The van der Waals surface area contributed by atoms with Crippen molar-refractivity contribution >= 4 is 39.0 Å². The molecule has 1 aliphatic heterocycles. The van der Waals surface area contributed by atoms with Crippen molar-refractivity contribution in [2.75, 3.05) is 19.4 Å². The molecule has 1 amide bonds. The molecule has 7 nitrogen and oxygen atoms in total. The van der Waals surface area contributed by atoms with Crippen LogP contribution in [0.25, 0.3) is 27.3 Å². The van der Waals surface area contributed by atoms with Gasteiger partial charge in [0.1, 0.15) is 29.5 Å². The van der Waals surface area contributed by atoms with Gasteiger partial charge >= 0.3 is 0 Å². The lowest BCUT2D eigenvalue weighted by atomic mass is 10.0. The van der Waals surface area contributed by atoms with E-state index < -0.39 is 11.7 Å². The molecule has 3 heterocycles. The highest BCUT2D eigenvalue weighted by Gasteiger charge is 2.33. The van der Waals surface area contributed by atoms with Gasteiger partial charge in [0, 0.05) is 24.1 Å². The van der Waals surface area contributed by atoms with Crippen molar-refractivity contribution in [1.29, 1.82) is 0 Å². The van der Waals surface area contributed by atoms with Gasteiger partial charge in [-0.1, -0.05) is 36.4 Å². The normalized spacial score (nSPS) is 15.2. The number of carbonyl (C=O) groups is 1. The molecule has 0 aliphatic carbocycles. The van der Waals surface area contributed by atoms with Crippen molar-refractivity contribution in [3.8, 4) is 5.75 Å². The van der Waals surface area contributed by atoms with E-state index in [1.165, 1.54) is 17.0 Å². The Bertz CT molecular complexity index is 1560. The van der Waals surface area contributed by atoms with Gasteiger partial charge in [-0.05, 0) is 11.5 Å². The quantitative estimate of drug-likeness (QED) is 0.461. The van der Waals surface area contributed by atoms with Crippen molar-refractivity contribution in [2.45, 2.75) is 6.04 Å². The average Bonchev–Trinajstić information content (AvgIpc) is 3.46. The van der Waals surface area contributed by atoms with E-state index in [-0.39, 0.29) is 17.4 Å². The van der Waals surface area contributed by atoms with Crippen LogP contribution in [0, 0.1) is 5.82 Å². The summed E-state index contributed by atoms with van der Waals surface area (Å²) < 4.78 is 22.7. The van der Waals surface area contributed by atoms with Crippen LogP contribution < -0.4 is 10.5 Å². The fourth-order valence-corrected chi connectivity index (χ4v) is 4.45. The highest BCUT2D eigenvalue weighted by Crippen LogP contribution is 2.41. The van der Waals surface area contributed by atoms with Crippen LogP contribution in [0.4, 0.5) is 10.2 Å². The molecule has 1 aliphatic rings. The molecule has 3 aromatic carbocycles. The second-order valence-electron chi connectivity index (χ2n) is 7.91. The summed E-state index contributed by atoms with van der Waals surface area (Å²) in [6, 6.07) is 14.3. The first-order chi connectivity index (χ1) is 15.5. The second kappa shape index (κ2) is 6.65. The summed E-state index contributed by atoms with van der Waals surface area (Å²) >= 11 is 0. The van der Waals surface area contributed by atoms with Crippen LogP contribution in [0.5, 0.6) is 5.75 Å². The van der Waals surface area contributed by atoms with Crippen molar-refractivity contribution in [3.63, 3.8) is 0 Å². The van der Waals surface area contributed by atoms with Crippen molar-refractivity contribution in [1.82, 2.24) is 19.3 Å². The third-order valence-electron chi connectivity index (χ3n) is 6.14. The largest absolute Gasteiger partial charge is 0.490 e. The van der Waals surface area contributed by atoms with E-state index in [2.05, 4.69) is 9.97 Å². The Labute approximate surface area is 181 Å². The van der Waals surface area contributed by atoms with Gasteiger partial charge in [-0.25, -0.2) is 14.4 Å². The zero-order chi connectivity index (χ0) is 22.0. The molecule has 0 unspecified atom stereocenters. The Hall–Kier alpha value is -4.20. The topological polar surface area (TPSA) is 85.8 Å². The predicted molar refractivity (Wildman–Crippen MR) is 119 cm³/mol. The molecule has 6 rings (SSSR count). The standard InChI is InChI=1S/C24H18FN5O2/c1-29(21-11-32-22-14-5-3-2-4-13(14)6-7-15(21)22)24(31)16-8-19-18(9-17(16)25)28-23(26)20-10-27-12-30(19)20/h2-10,12,21H,11H2,1H3,(H2,26,28)/t21-/m1/s1. The molecule has 0 radical (unpaired) electrons. The van der Waals surface area contributed by atoms with E-state index in [1.807, 2.05) is 36.4 Å². The van der Waals surface area contributed by atoms with E-state index in [0.29, 0.717) is 23.2 Å². The summed E-state index contributed by atoms with van der Waals surface area (Å²) in [6.07, 6.45) is 3.15. The highest BCUT2D eigenvalue weighted by molar-refractivity contribution is 5.99. The molecule has 0 saturated heterocycles. The van der Waals surface area contributed by atoms with E-state index in [1.54, 1.807) is 24.0 Å². The number of benzene rings is 3. The number of nitrogen functional groups attached to an aromatic ring is 1. The van der Waals surface area contributed by atoms with Crippen LogP contribution >= 0.6 is 0 Å². The molecule has 2 N–H and O–H groups in total. The Morgan fingerprint density at radius 2 is 2.06 bits per heavy atom. The lowest BCUT2D eigenvalue weighted by Gasteiger charge is -2.24. The number of rotatable bonds is 2. The molecule has 0 fully saturated rings. The third-order valence-corrected chi connectivity index (χ3v) is 6.14. The Morgan fingerprint density at radius 1 is 1.22 bits per heavy atom. The average molecular weight is 427 g/mol. The molecule has 2 aromatic heterocycles.